The van der Waals surface area contributed by atoms with E-state index < -0.39 is 28.0 Å². The standard InChI is InChI=1S/C33H23BrN2O5/c1-17-10-15-22(32(40)41)25(16-17)35-29(37)18-11-13-19(14-12-18)36-30(38)27-26-20-6-2-4-8-23(20)33(34,28(27)31(36)39)24-9-5-3-7-21(24)26/h2-16,26-28H,1H3,(H,35,37)(H,40,41)/t26?,27-,28+,33?/m0/s1. The molecule has 1 saturated heterocycles. The van der Waals surface area contributed by atoms with Crippen LogP contribution in [0.4, 0.5) is 11.4 Å². The molecule has 41 heavy (non-hydrogen) atoms. The van der Waals surface area contributed by atoms with Gasteiger partial charge in [0.05, 0.1) is 33.1 Å². The van der Waals surface area contributed by atoms with Crippen molar-refractivity contribution >= 4 is 51.0 Å². The number of nitrogens with zero attached hydrogens (tertiary/aromatic N) is 1. The van der Waals surface area contributed by atoms with Crippen molar-refractivity contribution in [3.05, 3.63) is 130 Å². The Bertz CT molecular complexity index is 1770. The van der Waals surface area contributed by atoms with Gasteiger partial charge in [0.15, 0.2) is 0 Å². The molecule has 3 amide bonds. The van der Waals surface area contributed by atoms with Crippen molar-refractivity contribution in [1.82, 2.24) is 0 Å². The number of aromatic carboxylic acids is 1. The molecule has 7 nitrogen and oxygen atoms in total. The average Bonchev–Trinajstić information content (AvgIpc) is 3.24. The van der Waals surface area contributed by atoms with Gasteiger partial charge in [0, 0.05) is 11.5 Å². The van der Waals surface area contributed by atoms with E-state index in [2.05, 4.69) is 21.2 Å². The van der Waals surface area contributed by atoms with Gasteiger partial charge in [0.2, 0.25) is 11.8 Å². The van der Waals surface area contributed by atoms with Crippen LogP contribution in [0.1, 0.15) is 54.5 Å². The number of halogens is 1. The Hall–Kier alpha value is -4.56. The highest BCUT2D eigenvalue weighted by atomic mass is 79.9. The van der Waals surface area contributed by atoms with Crippen LogP contribution in [-0.2, 0) is 13.9 Å². The number of nitrogens with one attached hydrogen (secondary N) is 1. The lowest BCUT2D eigenvalue weighted by molar-refractivity contribution is -0.122. The van der Waals surface area contributed by atoms with Crippen LogP contribution in [0.5, 0.6) is 0 Å². The first-order chi connectivity index (χ1) is 19.7. The Balaban J connectivity index is 1.23. The van der Waals surface area contributed by atoms with Crippen LogP contribution in [0.2, 0.25) is 0 Å². The van der Waals surface area contributed by atoms with Gasteiger partial charge in [0.1, 0.15) is 0 Å². The maximum absolute atomic E-state index is 14.1. The zero-order valence-corrected chi connectivity index (χ0v) is 23.4. The molecule has 2 atom stereocenters. The second-order valence-electron chi connectivity index (χ2n) is 10.7. The summed E-state index contributed by atoms with van der Waals surface area (Å²) in [4.78, 5) is 54.0. The molecule has 2 bridgehead atoms. The summed E-state index contributed by atoms with van der Waals surface area (Å²) in [5.74, 6) is -3.62. The summed E-state index contributed by atoms with van der Waals surface area (Å²) in [6.45, 7) is 1.80. The van der Waals surface area contributed by atoms with Crippen LogP contribution >= 0.6 is 15.9 Å². The summed E-state index contributed by atoms with van der Waals surface area (Å²) in [5, 5.41) is 12.2. The Kier molecular flexibility index (Phi) is 5.56. The molecule has 0 unspecified atom stereocenters. The first kappa shape index (κ1) is 25.4. The van der Waals surface area contributed by atoms with Crippen LogP contribution in [0, 0.1) is 18.8 Å². The first-order valence-corrected chi connectivity index (χ1v) is 14.0. The van der Waals surface area contributed by atoms with Crippen molar-refractivity contribution in [3.8, 4) is 0 Å². The molecular formula is C33H23BrN2O5. The maximum atomic E-state index is 14.1. The van der Waals surface area contributed by atoms with Crippen molar-refractivity contribution in [2.75, 3.05) is 10.2 Å². The molecule has 8 rings (SSSR count). The Morgan fingerprint density at radius 3 is 2.07 bits per heavy atom. The zero-order chi connectivity index (χ0) is 28.6. The average molecular weight is 607 g/mol. The molecule has 4 aromatic carbocycles. The van der Waals surface area contributed by atoms with Crippen LogP contribution in [0.15, 0.2) is 91.0 Å². The third-order valence-corrected chi connectivity index (χ3v) is 9.90. The molecule has 0 radical (unpaired) electrons. The highest BCUT2D eigenvalue weighted by Crippen LogP contribution is 2.66. The van der Waals surface area contributed by atoms with E-state index in [0.29, 0.717) is 5.69 Å². The SMILES string of the molecule is Cc1ccc(C(=O)O)c(NC(=O)c2ccc(N3C(=O)[C@H]4C5c6ccccc6C(Br)(c6ccccc65)[C@H]4C3=O)cc2)c1. The number of hydrogen-bond acceptors (Lipinski definition) is 4. The van der Waals surface area contributed by atoms with E-state index in [1.165, 1.54) is 23.1 Å². The zero-order valence-electron chi connectivity index (χ0n) is 21.8. The van der Waals surface area contributed by atoms with Gasteiger partial charge in [-0.05, 0) is 71.1 Å². The number of hydrogen-bond donors (Lipinski definition) is 2. The van der Waals surface area contributed by atoms with Crippen LogP contribution in [0.3, 0.4) is 0 Å². The van der Waals surface area contributed by atoms with E-state index in [4.69, 9.17) is 0 Å². The van der Waals surface area contributed by atoms with Crippen molar-refractivity contribution in [2.45, 2.75) is 17.2 Å². The van der Waals surface area contributed by atoms with E-state index in [1.54, 1.807) is 31.2 Å². The van der Waals surface area contributed by atoms with Crippen LogP contribution in [-0.4, -0.2) is 28.8 Å². The number of imide groups is 1. The minimum Gasteiger partial charge on any atom is -0.478 e. The molecular weight excluding hydrogens is 584 g/mol. The molecule has 8 heteroatoms. The molecule has 4 aliphatic rings. The molecule has 4 aromatic rings. The first-order valence-electron chi connectivity index (χ1n) is 13.2. The maximum Gasteiger partial charge on any atom is 0.337 e. The predicted octanol–water partition coefficient (Wildman–Crippen LogP) is 5.85. The number of carboxylic acids is 1. The number of benzene rings is 4. The van der Waals surface area contributed by atoms with Crippen molar-refractivity contribution in [1.29, 1.82) is 0 Å². The Labute approximate surface area is 243 Å². The van der Waals surface area contributed by atoms with Crippen LogP contribution in [0.25, 0.3) is 0 Å². The molecule has 1 heterocycles. The molecule has 202 valence electrons. The Morgan fingerprint density at radius 1 is 0.854 bits per heavy atom. The van der Waals surface area contributed by atoms with Crippen molar-refractivity contribution in [2.24, 2.45) is 11.8 Å². The fourth-order valence-electron chi connectivity index (χ4n) is 6.84. The van der Waals surface area contributed by atoms with Gasteiger partial charge in [-0.15, -0.1) is 0 Å². The normalized spacial score (nSPS) is 23.6. The summed E-state index contributed by atoms with van der Waals surface area (Å²) in [6, 6.07) is 26.9. The minimum atomic E-state index is -1.15. The molecule has 0 saturated carbocycles. The smallest absolute Gasteiger partial charge is 0.337 e. The number of amides is 3. The molecule has 3 aliphatic carbocycles. The van der Waals surface area contributed by atoms with Gasteiger partial charge in [0.25, 0.3) is 5.91 Å². The number of anilines is 2. The second-order valence-corrected chi connectivity index (χ2v) is 12.0. The van der Waals surface area contributed by atoms with E-state index in [1.807, 2.05) is 48.5 Å². The number of carboxylic acid groups (broad SMARTS) is 1. The minimum absolute atomic E-state index is 0.0169. The van der Waals surface area contributed by atoms with Gasteiger partial charge in [-0.1, -0.05) is 70.5 Å². The molecule has 1 aliphatic heterocycles. The highest BCUT2D eigenvalue weighted by molar-refractivity contribution is 9.09. The van der Waals surface area contributed by atoms with Crippen LogP contribution < -0.4 is 10.2 Å². The lowest BCUT2D eigenvalue weighted by Crippen LogP contribution is -2.50. The molecule has 1 fully saturated rings. The van der Waals surface area contributed by atoms with E-state index in [9.17, 15) is 24.3 Å². The highest BCUT2D eigenvalue weighted by Gasteiger charge is 2.67. The van der Waals surface area contributed by atoms with Gasteiger partial charge >= 0.3 is 5.97 Å². The number of carbonyl (C=O) groups excluding carboxylic acids is 3. The summed E-state index contributed by atoms with van der Waals surface area (Å²) >= 11 is 3.99. The molecule has 0 aromatic heterocycles. The summed E-state index contributed by atoms with van der Waals surface area (Å²) in [7, 11) is 0. The third kappa shape index (κ3) is 3.50. The number of rotatable bonds is 4. The fraction of sp³-hybridized carbons (Fsp3) is 0.152. The predicted molar refractivity (Wildman–Crippen MR) is 156 cm³/mol. The van der Waals surface area contributed by atoms with Crippen molar-refractivity contribution in [3.63, 3.8) is 0 Å². The molecule has 0 spiro atoms. The van der Waals surface area contributed by atoms with E-state index in [0.717, 1.165) is 27.8 Å². The number of aryl methyl sites for hydroxylation is 1. The Morgan fingerprint density at radius 2 is 1.46 bits per heavy atom. The quantitative estimate of drug-likeness (QED) is 0.224. The van der Waals surface area contributed by atoms with Gasteiger partial charge < -0.3 is 10.4 Å². The third-order valence-electron chi connectivity index (χ3n) is 8.56. The van der Waals surface area contributed by atoms with E-state index in [-0.39, 0.29) is 34.5 Å². The van der Waals surface area contributed by atoms with Crippen molar-refractivity contribution < 1.29 is 24.3 Å². The summed E-state index contributed by atoms with van der Waals surface area (Å²) in [6.07, 6.45) is 0. The number of carbonyl (C=O) groups is 4. The lowest BCUT2D eigenvalue weighted by Gasteiger charge is -2.51. The lowest BCUT2D eigenvalue weighted by atomic mass is 9.55. The summed E-state index contributed by atoms with van der Waals surface area (Å²) in [5.41, 5.74) is 5.75. The van der Waals surface area contributed by atoms with E-state index >= 15 is 0 Å². The topological polar surface area (TPSA) is 104 Å². The monoisotopic (exact) mass is 606 g/mol. The van der Waals surface area contributed by atoms with Gasteiger partial charge in [-0.2, -0.15) is 0 Å². The fourth-order valence-corrected chi connectivity index (χ4v) is 8.04. The van der Waals surface area contributed by atoms with Gasteiger partial charge in [-0.25, -0.2) is 9.69 Å². The number of alkyl halides is 1. The summed E-state index contributed by atoms with van der Waals surface area (Å²) < 4.78 is -0.837. The second kappa shape index (κ2) is 8.97. The molecule has 2 N–H and O–H groups in total. The van der Waals surface area contributed by atoms with Gasteiger partial charge in [-0.3, -0.25) is 14.4 Å². The largest absolute Gasteiger partial charge is 0.478 e.